The first-order valence-electron chi connectivity index (χ1n) is 6.63. The molecule has 0 unspecified atom stereocenters. The number of aryl methyl sites for hydroxylation is 2. The van der Waals surface area contributed by atoms with Crippen molar-refractivity contribution >= 4 is 5.78 Å². The molecule has 0 fully saturated rings. The maximum Gasteiger partial charge on any atom is 0.160 e. The molecule has 0 heterocycles. The molecule has 1 heteroatoms. The van der Waals surface area contributed by atoms with Gasteiger partial charge in [-0.1, -0.05) is 26.8 Å². The average molecular weight is 230 g/mol. The number of carbonyl (C=O) groups is 1. The Balaban J connectivity index is 2.62. The van der Waals surface area contributed by atoms with Gasteiger partial charge in [0.2, 0.25) is 0 Å². The van der Waals surface area contributed by atoms with Gasteiger partial charge in [-0.05, 0) is 60.8 Å². The number of fused-ring (bicyclic) bond motifs is 1. The van der Waals surface area contributed by atoms with Crippen LogP contribution in [0.3, 0.4) is 0 Å². The van der Waals surface area contributed by atoms with Crippen molar-refractivity contribution in [2.45, 2.75) is 58.8 Å². The summed E-state index contributed by atoms with van der Waals surface area (Å²) in [5, 5.41) is 0. The van der Waals surface area contributed by atoms with E-state index in [-0.39, 0.29) is 11.2 Å². The van der Waals surface area contributed by atoms with Gasteiger partial charge in [-0.15, -0.1) is 0 Å². The first-order valence-corrected chi connectivity index (χ1v) is 6.63. The van der Waals surface area contributed by atoms with E-state index in [9.17, 15) is 4.79 Å². The molecule has 2 rings (SSSR count). The summed E-state index contributed by atoms with van der Waals surface area (Å²) in [6, 6.07) is 4.43. The molecule has 0 bridgehead atoms. The highest BCUT2D eigenvalue weighted by Gasteiger charge is 2.28. The Kier molecular flexibility index (Phi) is 3.11. The predicted octanol–water partition coefficient (Wildman–Crippen LogP) is 4.07. The third kappa shape index (κ3) is 2.15. The summed E-state index contributed by atoms with van der Waals surface area (Å²) in [7, 11) is 0. The maximum absolute atomic E-state index is 11.7. The molecular weight excluding hydrogens is 208 g/mol. The minimum Gasteiger partial charge on any atom is -0.295 e. The topological polar surface area (TPSA) is 17.1 Å². The van der Waals surface area contributed by atoms with Crippen LogP contribution in [0.5, 0.6) is 0 Å². The molecule has 0 spiro atoms. The summed E-state index contributed by atoms with van der Waals surface area (Å²) < 4.78 is 0. The molecule has 1 aromatic rings. The minimum absolute atomic E-state index is 0.200. The number of ketones is 1. The van der Waals surface area contributed by atoms with E-state index in [1.165, 1.54) is 36.0 Å². The Bertz CT molecular complexity index is 455. The van der Waals surface area contributed by atoms with Crippen molar-refractivity contribution in [2.75, 3.05) is 0 Å². The van der Waals surface area contributed by atoms with E-state index in [1.54, 1.807) is 6.92 Å². The van der Waals surface area contributed by atoms with Gasteiger partial charge >= 0.3 is 0 Å². The highest BCUT2D eigenvalue weighted by Crippen LogP contribution is 2.38. The Labute approximate surface area is 104 Å². The first kappa shape index (κ1) is 12.3. The lowest BCUT2D eigenvalue weighted by atomic mass is 9.71. The predicted molar refractivity (Wildman–Crippen MR) is 71.8 cm³/mol. The van der Waals surface area contributed by atoms with Crippen molar-refractivity contribution in [3.05, 3.63) is 34.4 Å². The highest BCUT2D eigenvalue weighted by molar-refractivity contribution is 5.96. The number of Topliss-reactive ketones (excluding diaryl/α,β-unsaturated/α-hetero) is 1. The number of carbonyl (C=O) groups excluding carboxylic acids is 1. The van der Waals surface area contributed by atoms with Crippen LogP contribution in [0.1, 0.15) is 67.6 Å². The van der Waals surface area contributed by atoms with Crippen LogP contribution >= 0.6 is 0 Å². The molecule has 0 saturated carbocycles. The van der Waals surface area contributed by atoms with Crippen LogP contribution in [0.4, 0.5) is 0 Å². The van der Waals surface area contributed by atoms with Gasteiger partial charge < -0.3 is 0 Å². The van der Waals surface area contributed by atoms with Crippen LogP contribution in [0.25, 0.3) is 0 Å². The molecule has 92 valence electrons. The smallest absolute Gasteiger partial charge is 0.160 e. The minimum atomic E-state index is 0.200. The van der Waals surface area contributed by atoms with E-state index >= 15 is 0 Å². The largest absolute Gasteiger partial charge is 0.295 e. The Morgan fingerprint density at radius 3 is 2.65 bits per heavy atom. The summed E-state index contributed by atoms with van der Waals surface area (Å²) in [6.07, 6.45) is 4.61. The Hall–Kier alpha value is -1.11. The monoisotopic (exact) mass is 230 g/mol. The highest BCUT2D eigenvalue weighted by atomic mass is 16.1. The van der Waals surface area contributed by atoms with Gasteiger partial charge in [-0.25, -0.2) is 0 Å². The number of hydrogen-bond acceptors (Lipinski definition) is 1. The van der Waals surface area contributed by atoms with Crippen molar-refractivity contribution < 1.29 is 4.79 Å². The zero-order chi connectivity index (χ0) is 12.6. The third-order valence-corrected chi connectivity index (χ3v) is 4.07. The van der Waals surface area contributed by atoms with E-state index in [0.717, 1.165) is 12.0 Å². The normalized spacial score (nSPS) is 17.6. The molecule has 1 aliphatic carbocycles. The summed E-state index contributed by atoms with van der Waals surface area (Å²) in [6.45, 7) is 8.39. The molecule has 0 aromatic heterocycles. The molecule has 0 radical (unpaired) electrons. The standard InChI is InChI=1S/C16H22O/c1-5-12-9-13-7-6-8-16(3,4)15(13)10-14(12)11(2)17/h9-10H,5-8H2,1-4H3. The van der Waals surface area contributed by atoms with Crippen LogP contribution < -0.4 is 0 Å². The fraction of sp³-hybridized carbons (Fsp3) is 0.562. The SMILES string of the molecule is CCc1cc2c(cc1C(C)=O)C(C)(C)CCC2. The lowest BCUT2D eigenvalue weighted by Crippen LogP contribution is -2.24. The quantitative estimate of drug-likeness (QED) is 0.700. The zero-order valence-corrected chi connectivity index (χ0v) is 11.4. The molecular formula is C16H22O. The molecule has 0 atom stereocenters. The first-order chi connectivity index (χ1) is 7.95. The van der Waals surface area contributed by atoms with Gasteiger partial charge in [0.1, 0.15) is 0 Å². The Morgan fingerprint density at radius 1 is 1.35 bits per heavy atom. The second-order valence-corrected chi connectivity index (χ2v) is 5.81. The van der Waals surface area contributed by atoms with E-state index < -0.39 is 0 Å². The third-order valence-electron chi connectivity index (χ3n) is 4.07. The summed E-state index contributed by atoms with van der Waals surface area (Å²) in [5.74, 6) is 0.200. The van der Waals surface area contributed by atoms with Gasteiger partial charge in [-0.2, -0.15) is 0 Å². The molecule has 17 heavy (non-hydrogen) atoms. The summed E-state index contributed by atoms with van der Waals surface area (Å²) in [4.78, 5) is 11.7. The molecule has 1 aliphatic rings. The van der Waals surface area contributed by atoms with Crippen LogP contribution in [0, 0.1) is 0 Å². The lowest BCUT2D eigenvalue weighted by molar-refractivity contribution is 0.101. The number of benzene rings is 1. The van der Waals surface area contributed by atoms with Crippen LogP contribution in [0.15, 0.2) is 12.1 Å². The summed E-state index contributed by atoms with van der Waals surface area (Å²) in [5.41, 5.74) is 5.23. The van der Waals surface area contributed by atoms with E-state index in [0.29, 0.717) is 0 Å². The van der Waals surface area contributed by atoms with Gasteiger partial charge in [0, 0.05) is 5.56 Å². The van der Waals surface area contributed by atoms with Crippen LogP contribution in [-0.2, 0) is 18.3 Å². The van der Waals surface area contributed by atoms with Crippen molar-refractivity contribution in [1.82, 2.24) is 0 Å². The number of hydrogen-bond donors (Lipinski definition) is 0. The van der Waals surface area contributed by atoms with Gasteiger partial charge in [-0.3, -0.25) is 4.79 Å². The Morgan fingerprint density at radius 2 is 2.06 bits per heavy atom. The van der Waals surface area contributed by atoms with E-state index in [2.05, 4.69) is 32.9 Å². The average Bonchev–Trinajstić information content (AvgIpc) is 2.27. The van der Waals surface area contributed by atoms with Crippen molar-refractivity contribution in [3.63, 3.8) is 0 Å². The second-order valence-electron chi connectivity index (χ2n) is 5.81. The molecule has 1 nitrogen and oxygen atoms in total. The number of rotatable bonds is 2. The second kappa shape index (κ2) is 4.29. The van der Waals surface area contributed by atoms with Crippen molar-refractivity contribution in [2.24, 2.45) is 0 Å². The zero-order valence-electron chi connectivity index (χ0n) is 11.4. The fourth-order valence-electron chi connectivity index (χ4n) is 3.01. The maximum atomic E-state index is 11.7. The van der Waals surface area contributed by atoms with Gasteiger partial charge in [0.15, 0.2) is 5.78 Å². The van der Waals surface area contributed by atoms with Crippen molar-refractivity contribution in [3.8, 4) is 0 Å². The van der Waals surface area contributed by atoms with Gasteiger partial charge in [0.05, 0.1) is 0 Å². The van der Waals surface area contributed by atoms with E-state index in [4.69, 9.17) is 0 Å². The summed E-state index contributed by atoms with van der Waals surface area (Å²) >= 11 is 0. The molecule has 0 aliphatic heterocycles. The van der Waals surface area contributed by atoms with Crippen LogP contribution in [0.2, 0.25) is 0 Å². The van der Waals surface area contributed by atoms with Gasteiger partial charge in [0.25, 0.3) is 0 Å². The molecule has 1 aromatic carbocycles. The van der Waals surface area contributed by atoms with Crippen LogP contribution in [-0.4, -0.2) is 5.78 Å². The molecule has 0 N–H and O–H groups in total. The molecule has 0 saturated heterocycles. The van der Waals surface area contributed by atoms with Crippen molar-refractivity contribution in [1.29, 1.82) is 0 Å². The van der Waals surface area contributed by atoms with E-state index in [1.807, 2.05) is 0 Å². The molecule has 0 amide bonds. The lowest BCUT2D eigenvalue weighted by Gasteiger charge is -2.33. The fourth-order valence-corrected chi connectivity index (χ4v) is 3.01.